The van der Waals surface area contributed by atoms with Crippen LogP contribution >= 0.6 is 0 Å². The molecule has 27 heavy (non-hydrogen) atoms. The number of nitrogens with two attached hydrogens (primary N) is 2. The first-order chi connectivity index (χ1) is 13.2. The molecule has 134 valence electrons. The number of rotatable bonds is 6. The van der Waals surface area contributed by atoms with Crippen LogP contribution in [0.4, 0.5) is 5.69 Å². The summed E-state index contributed by atoms with van der Waals surface area (Å²) in [6.07, 6.45) is 10.8. The van der Waals surface area contributed by atoms with Crippen molar-refractivity contribution in [3.63, 3.8) is 0 Å². The van der Waals surface area contributed by atoms with Crippen LogP contribution in [0.5, 0.6) is 0 Å². The van der Waals surface area contributed by atoms with Gasteiger partial charge in [0.1, 0.15) is 0 Å². The normalized spacial score (nSPS) is 11.3. The third kappa shape index (κ3) is 4.50. The summed E-state index contributed by atoms with van der Waals surface area (Å²) < 4.78 is 1.84. The Morgan fingerprint density at radius 2 is 1.70 bits per heavy atom. The molecule has 0 fully saturated rings. The van der Waals surface area contributed by atoms with Crippen molar-refractivity contribution in [2.75, 3.05) is 5.73 Å². The van der Waals surface area contributed by atoms with Crippen molar-refractivity contribution in [1.29, 1.82) is 0 Å². The average molecular weight is 356 g/mol. The summed E-state index contributed by atoms with van der Waals surface area (Å²) in [5.41, 5.74) is 15.8. The van der Waals surface area contributed by atoms with Gasteiger partial charge in [0.25, 0.3) is 0 Å². The molecule has 0 saturated heterocycles. The van der Waals surface area contributed by atoms with Crippen LogP contribution in [-0.2, 0) is 6.54 Å². The summed E-state index contributed by atoms with van der Waals surface area (Å²) >= 11 is 0. The summed E-state index contributed by atoms with van der Waals surface area (Å²) in [6.45, 7) is 0.282. The number of anilines is 1. The maximum Gasteiger partial charge on any atom is 0.227 e. The summed E-state index contributed by atoms with van der Waals surface area (Å²) in [4.78, 5) is 12.5. The number of hydrogen-bond acceptors (Lipinski definition) is 3. The van der Waals surface area contributed by atoms with Crippen LogP contribution in [0.15, 0.2) is 91.4 Å². The SMILES string of the molecule is N/C=C\C=Cc1ccccc1-c1ccc(C(=O)C[n+]2ccccc2)cc1N. The van der Waals surface area contributed by atoms with Gasteiger partial charge < -0.3 is 11.5 Å². The molecule has 0 bridgehead atoms. The molecule has 0 radical (unpaired) electrons. The van der Waals surface area contributed by atoms with E-state index in [1.807, 2.05) is 83.7 Å². The Bertz CT molecular complexity index is 992. The molecule has 0 aliphatic heterocycles. The second-order valence-corrected chi connectivity index (χ2v) is 6.10. The van der Waals surface area contributed by atoms with Gasteiger partial charge in [-0.15, -0.1) is 0 Å². The maximum absolute atomic E-state index is 12.5. The molecule has 0 aliphatic rings. The van der Waals surface area contributed by atoms with E-state index in [2.05, 4.69) is 0 Å². The van der Waals surface area contributed by atoms with Gasteiger partial charge >= 0.3 is 0 Å². The summed E-state index contributed by atoms with van der Waals surface area (Å²) in [5, 5.41) is 0. The van der Waals surface area contributed by atoms with Crippen molar-refractivity contribution in [3.8, 4) is 11.1 Å². The number of hydrogen-bond donors (Lipinski definition) is 2. The van der Waals surface area contributed by atoms with E-state index in [0.717, 1.165) is 16.7 Å². The lowest BCUT2D eigenvalue weighted by atomic mass is 9.96. The number of carbonyl (C=O) groups is 1. The standard InChI is InChI=1S/C23H21N3O/c24-13-5-4-9-18-8-2-3-10-20(18)21-12-11-19(16-22(21)25)23(27)17-26-14-6-1-7-15-26/h1-16H,17,25H2,(H-,24,27)/p+1. The van der Waals surface area contributed by atoms with Gasteiger partial charge in [0.2, 0.25) is 12.3 Å². The highest BCUT2D eigenvalue weighted by atomic mass is 16.1. The third-order valence-electron chi connectivity index (χ3n) is 4.23. The topological polar surface area (TPSA) is 73.0 Å². The van der Waals surface area contributed by atoms with Crippen molar-refractivity contribution in [2.24, 2.45) is 5.73 Å². The summed E-state index contributed by atoms with van der Waals surface area (Å²) in [6, 6.07) is 19.2. The predicted molar refractivity (Wildman–Crippen MR) is 110 cm³/mol. The van der Waals surface area contributed by atoms with Gasteiger partial charge in [-0.2, -0.15) is 4.57 Å². The van der Waals surface area contributed by atoms with E-state index in [1.165, 1.54) is 6.20 Å². The average Bonchev–Trinajstić information content (AvgIpc) is 2.69. The minimum absolute atomic E-state index is 0.0192. The quantitative estimate of drug-likeness (QED) is 0.307. The van der Waals surface area contributed by atoms with Crippen LogP contribution in [-0.4, -0.2) is 5.78 Å². The lowest BCUT2D eigenvalue weighted by molar-refractivity contribution is -0.683. The van der Waals surface area contributed by atoms with Crippen molar-refractivity contribution in [2.45, 2.75) is 6.54 Å². The summed E-state index contributed by atoms with van der Waals surface area (Å²) in [5.74, 6) is 0.0192. The largest absolute Gasteiger partial charge is 0.405 e. The van der Waals surface area contributed by atoms with Crippen LogP contribution in [0.25, 0.3) is 17.2 Å². The van der Waals surface area contributed by atoms with E-state index in [1.54, 1.807) is 12.1 Å². The molecule has 0 unspecified atom stereocenters. The molecule has 0 atom stereocenters. The van der Waals surface area contributed by atoms with Crippen LogP contribution < -0.4 is 16.0 Å². The molecule has 0 spiro atoms. The van der Waals surface area contributed by atoms with Crippen molar-refractivity contribution in [1.82, 2.24) is 0 Å². The number of benzene rings is 2. The number of nitrogen functional groups attached to an aromatic ring is 1. The number of aromatic nitrogens is 1. The molecule has 0 amide bonds. The Balaban J connectivity index is 1.89. The third-order valence-corrected chi connectivity index (χ3v) is 4.23. The number of allylic oxidation sites excluding steroid dienone is 2. The molecule has 3 aromatic rings. The number of carbonyl (C=O) groups excluding carboxylic acids is 1. The van der Waals surface area contributed by atoms with E-state index < -0.39 is 0 Å². The van der Waals surface area contributed by atoms with Crippen molar-refractivity contribution < 1.29 is 9.36 Å². The van der Waals surface area contributed by atoms with E-state index in [4.69, 9.17) is 11.5 Å². The highest BCUT2D eigenvalue weighted by molar-refractivity contribution is 5.97. The molecule has 4 nitrogen and oxygen atoms in total. The van der Waals surface area contributed by atoms with Gasteiger partial charge in [-0.25, -0.2) is 0 Å². The first kappa shape index (κ1) is 18.1. The Morgan fingerprint density at radius 3 is 2.44 bits per heavy atom. The fraction of sp³-hybridized carbons (Fsp3) is 0.0435. The van der Waals surface area contributed by atoms with Gasteiger partial charge in [-0.1, -0.05) is 54.6 Å². The highest BCUT2D eigenvalue weighted by Crippen LogP contribution is 2.30. The van der Waals surface area contributed by atoms with Gasteiger partial charge in [0, 0.05) is 28.9 Å². The molecule has 1 heterocycles. The van der Waals surface area contributed by atoms with Gasteiger partial charge in [0.15, 0.2) is 12.4 Å². The molecule has 4 heteroatoms. The van der Waals surface area contributed by atoms with E-state index in [0.29, 0.717) is 11.3 Å². The second kappa shape index (κ2) is 8.63. The molecule has 2 aromatic carbocycles. The van der Waals surface area contributed by atoms with Gasteiger partial charge in [0.05, 0.1) is 0 Å². The molecule has 0 saturated carbocycles. The van der Waals surface area contributed by atoms with Crippen LogP contribution in [0.2, 0.25) is 0 Å². The summed E-state index contributed by atoms with van der Waals surface area (Å²) in [7, 11) is 0. The number of pyridine rings is 1. The van der Waals surface area contributed by atoms with E-state index in [-0.39, 0.29) is 12.3 Å². The number of nitrogens with zero attached hydrogens (tertiary/aromatic N) is 1. The Labute approximate surface area is 159 Å². The predicted octanol–water partition coefficient (Wildman–Crippen LogP) is 3.59. The van der Waals surface area contributed by atoms with E-state index in [9.17, 15) is 4.79 Å². The fourth-order valence-electron chi connectivity index (χ4n) is 2.89. The fourth-order valence-corrected chi connectivity index (χ4v) is 2.89. The van der Waals surface area contributed by atoms with Crippen LogP contribution in [0, 0.1) is 0 Å². The highest BCUT2D eigenvalue weighted by Gasteiger charge is 2.14. The van der Waals surface area contributed by atoms with Gasteiger partial charge in [-0.3, -0.25) is 4.79 Å². The zero-order valence-electron chi connectivity index (χ0n) is 15.0. The molecule has 3 rings (SSSR count). The van der Waals surface area contributed by atoms with Gasteiger partial charge in [-0.05, 0) is 29.5 Å². The Morgan fingerprint density at radius 1 is 0.926 bits per heavy atom. The van der Waals surface area contributed by atoms with Crippen molar-refractivity contribution >= 4 is 17.5 Å². The second-order valence-electron chi connectivity index (χ2n) is 6.10. The molecular formula is C23H22N3O+. The number of ketones is 1. The lowest BCUT2D eigenvalue weighted by Gasteiger charge is -2.10. The smallest absolute Gasteiger partial charge is 0.227 e. The van der Waals surface area contributed by atoms with E-state index >= 15 is 0 Å². The monoisotopic (exact) mass is 356 g/mol. The first-order valence-electron chi connectivity index (χ1n) is 8.70. The number of Topliss-reactive ketones (excluding diaryl/α,β-unsaturated/α-hetero) is 1. The zero-order valence-corrected chi connectivity index (χ0v) is 15.0. The Kier molecular flexibility index (Phi) is 5.80. The van der Waals surface area contributed by atoms with Crippen molar-refractivity contribution in [3.05, 3.63) is 103 Å². The molecule has 1 aromatic heterocycles. The maximum atomic E-state index is 12.5. The lowest BCUT2D eigenvalue weighted by Crippen LogP contribution is -2.36. The van der Waals surface area contributed by atoms with Crippen LogP contribution in [0.3, 0.4) is 0 Å². The molecule has 0 aliphatic carbocycles. The first-order valence-corrected chi connectivity index (χ1v) is 8.70. The minimum atomic E-state index is 0.0192. The van der Waals surface area contributed by atoms with Crippen LogP contribution in [0.1, 0.15) is 15.9 Å². The zero-order chi connectivity index (χ0) is 19.1. The minimum Gasteiger partial charge on any atom is -0.405 e. The molecular weight excluding hydrogens is 334 g/mol. The Hall–Kier alpha value is -3.66. The molecule has 4 N–H and O–H groups in total.